The van der Waals surface area contributed by atoms with Crippen LogP contribution in [0.15, 0.2) is 18.5 Å². The zero-order chi connectivity index (χ0) is 18.1. The second-order valence-corrected chi connectivity index (χ2v) is 7.20. The summed E-state index contributed by atoms with van der Waals surface area (Å²) in [5.41, 5.74) is 2.38. The van der Waals surface area contributed by atoms with Gasteiger partial charge >= 0.3 is 0 Å². The van der Waals surface area contributed by atoms with Crippen LogP contribution in [-0.4, -0.2) is 70.6 Å². The molecular formula is C18H26N6O2. The van der Waals surface area contributed by atoms with Gasteiger partial charge in [-0.3, -0.25) is 9.58 Å². The molecule has 2 aliphatic heterocycles. The Morgan fingerprint density at radius 3 is 2.92 bits per heavy atom. The van der Waals surface area contributed by atoms with Crippen LogP contribution in [0.2, 0.25) is 0 Å². The van der Waals surface area contributed by atoms with Crippen LogP contribution >= 0.6 is 0 Å². The number of fused-ring (bicyclic) bond motifs is 3. The third kappa shape index (κ3) is 3.52. The van der Waals surface area contributed by atoms with Crippen LogP contribution in [0.3, 0.4) is 0 Å². The summed E-state index contributed by atoms with van der Waals surface area (Å²) in [5, 5.41) is 4.48. The first-order valence-corrected chi connectivity index (χ1v) is 9.05. The fourth-order valence-electron chi connectivity index (χ4n) is 3.91. The van der Waals surface area contributed by atoms with Crippen LogP contribution in [-0.2, 0) is 18.3 Å². The molecule has 0 aliphatic carbocycles. The van der Waals surface area contributed by atoms with Crippen molar-refractivity contribution in [1.29, 1.82) is 0 Å². The molecule has 0 N–H and O–H groups in total. The van der Waals surface area contributed by atoms with Crippen molar-refractivity contribution in [2.45, 2.75) is 19.5 Å². The van der Waals surface area contributed by atoms with Gasteiger partial charge in [-0.2, -0.15) is 10.1 Å². The van der Waals surface area contributed by atoms with E-state index in [9.17, 15) is 0 Å². The molecule has 4 rings (SSSR count). The molecule has 26 heavy (non-hydrogen) atoms. The molecular weight excluding hydrogens is 332 g/mol. The first kappa shape index (κ1) is 17.2. The monoisotopic (exact) mass is 358 g/mol. The fourth-order valence-corrected chi connectivity index (χ4v) is 3.91. The quantitative estimate of drug-likeness (QED) is 0.803. The smallest absolute Gasteiger partial charge is 0.228 e. The summed E-state index contributed by atoms with van der Waals surface area (Å²) < 4.78 is 13.1. The van der Waals surface area contributed by atoms with Gasteiger partial charge in [-0.05, 0) is 6.92 Å². The topological polar surface area (TPSA) is 68.5 Å². The van der Waals surface area contributed by atoms with Crippen LogP contribution in [0.1, 0.15) is 11.3 Å². The van der Waals surface area contributed by atoms with Crippen molar-refractivity contribution in [3.05, 3.63) is 29.7 Å². The molecule has 8 heteroatoms. The largest absolute Gasteiger partial charge is 0.481 e. The van der Waals surface area contributed by atoms with E-state index < -0.39 is 0 Å². The summed E-state index contributed by atoms with van der Waals surface area (Å²) in [6.45, 7) is 7.24. The van der Waals surface area contributed by atoms with Crippen molar-refractivity contribution in [1.82, 2.24) is 24.6 Å². The van der Waals surface area contributed by atoms with Gasteiger partial charge in [0.15, 0.2) is 0 Å². The Morgan fingerprint density at radius 2 is 2.15 bits per heavy atom. The van der Waals surface area contributed by atoms with Crippen molar-refractivity contribution < 1.29 is 9.47 Å². The minimum atomic E-state index is 0.303. The standard InChI is InChI=1S/C18H26N6O2/c1-13-15(8-22(2)21-13)9-23-6-14-7-24(10-16(23)12-26-11-14)18-19-5-4-17(20-18)25-3/h4-5,8,14,16H,6-7,9-12H2,1-3H3/t14-,16+/m1/s1. The lowest BCUT2D eigenvalue weighted by molar-refractivity contribution is 0.0870. The molecule has 4 heterocycles. The van der Waals surface area contributed by atoms with E-state index in [2.05, 4.69) is 38.0 Å². The number of rotatable bonds is 4. The molecule has 2 saturated heterocycles. The van der Waals surface area contributed by atoms with E-state index in [1.165, 1.54) is 5.56 Å². The Bertz CT molecular complexity index is 764. The van der Waals surface area contributed by atoms with E-state index in [4.69, 9.17) is 9.47 Å². The lowest BCUT2D eigenvalue weighted by Crippen LogP contribution is -2.44. The van der Waals surface area contributed by atoms with Crippen LogP contribution in [0.4, 0.5) is 5.95 Å². The molecule has 0 amide bonds. The van der Waals surface area contributed by atoms with Gasteiger partial charge in [0, 0.05) is 63.2 Å². The first-order valence-electron chi connectivity index (χ1n) is 9.05. The van der Waals surface area contributed by atoms with E-state index in [0.29, 0.717) is 17.8 Å². The van der Waals surface area contributed by atoms with Gasteiger partial charge in [-0.1, -0.05) is 0 Å². The minimum absolute atomic E-state index is 0.303. The zero-order valence-corrected chi connectivity index (χ0v) is 15.6. The van der Waals surface area contributed by atoms with E-state index in [1.807, 2.05) is 11.7 Å². The third-order valence-electron chi connectivity index (χ3n) is 5.18. The number of hydrogen-bond acceptors (Lipinski definition) is 7. The van der Waals surface area contributed by atoms with Gasteiger partial charge < -0.3 is 14.4 Å². The van der Waals surface area contributed by atoms with Gasteiger partial charge in [-0.25, -0.2) is 4.98 Å². The second kappa shape index (κ2) is 7.20. The molecule has 2 atom stereocenters. The molecule has 2 fully saturated rings. The number of anilines is 1. The van der Waals surface area contributed by atoms with Crippen LogP contribution < -0.4 is 9.64 Å². The highest BCUT2D eigenvalue weighted by Gasteiger charge is 2.34. The summed E-state index contributed by atoms with van der Waals surface area (Å²) in [6, 6.07) is 2.08. The molecule has 8 nitrogen and oxygen atoms in total. The number of aromatic nitrogens is 4. The molecule has 0 aromatic carbocycles. The van der Waals surface area contributed by atoms with Crippen LogP contribution in [0.25, 0.3) is 0 Å². The molecule has 0 unspecified atom stereocenters. The maximum Gasteiger partial charge on any atom is 0.228 e. The Morgan fingerprint density at radius 1 is 1.27 bits per heavy atom. The van der Waals surface area contributed by atoms with E-state index in [0.717, 1.165) is 51.0 Å². The summed E-state index contributed by atoms with van der Waals surface area (Å²) in [7, 11) is 3.61. The maximum absolute atomic E-state index is 5.94. The zero-order valence-electron chi connectivity index (χ0n) is 15.6. The Kier molecular flexibility index (Phi) is 4.78. The molecule has 0 saturated carbocycles. The summed E-state index contributed by atoms with van der Waals surface area (Å²) in [6.07, 6.45) is 3.88. The van der Waals surface area contributed by atoms with E-state index >= 15 is 0 Å². The number of ether oxygens (including phenoxy) is 2. The first-order chi connectivity index (χ1) is 12.6. The number of aryl methyl sites for hydroxylation is 2. The highest BCUT2D eigenvalue weighted by molar-refractivity contribution is 5.33. The van der Waals surface area contributed by atoms with Crippen molar-refractivity contribution in [2.75, 3.05) is 44.9 Å². The van der Waals surface area contributed by atoms with E-state index in [1.54, 1.807) is 19.4 Å². The van der Waals surface area contributed by atoms with Crippen molar-refractivity contribution in [2.24, 2.45) is 13.0 Å². The molecule has 2 bridgehead atoms. The minimum Gasteiger partial charge on any atom is -0.481 e. The lowest BCUT2D eigenvalue weighted by atomic mass is 10.1. The van der Waals surface area contributed by atoms with Crippen LogP contribution in [0.5, 0.6) is 5.88 Å². The molecule has 2 aromatic rings. The molecule has 0 radical (unpaired) electrons. The van der Waals surface area contributed by atoms with Crippen molar-refractivity contribution in [3.8, 4) is 5.88 Å². The average molecular weight is 358 g/mol. The molecule has 140 valence electrons. The maximum atomic E-state index is 5.94. The Labute approximate surface area is 153 Å². The summed E-state index contributed by atoms with van der Waals surface area (Å²) in [4.78, 5) is 13.8. The predicted octanol–water partition coefficient (Wildman–Crippen LogP) is 0.864. The van der Waals surface area contributed by atoms with E-state index in [-0.39, 0.29) is 0 Å². The van der Waals surface area contributed by atoms with Gasteiger partial charge in [-0.15, -0.1) is 0 Å². The number of nitrogens with zero attached hydrogens (tertiary/aromatic N) is 6. The normalized spacial score (nSPS) is 23.7. The van der Waals surface area contributed by atoms with Crippen molar-refractivity contribution >= 4 is 5.95 Å². The Hall–Kier alpha value is -2.19. The van der Waals surface area contributed by atoms with Gasteiger partial charge in [0.25, 0.3) is 0 Å². The number of methoxy groups -OCH3 is 1. The SMILES string of the molecule is COc1ccnc(N2C[C@@H]3COC[C@H](C2)N(Cc2cn(C)nc2C)C3)n1. The predicted molar refractivity (Wildman–Crippen MR) is 97.2 cm³/mol. The summed E-state index contributed by atoms with van der Waals surface area (Å²) in [5.74, 6) is 1.76. The summed E-state index contributed by atoms with van der Waals surface area (Å²) >= 11 is 0. The average Bonchev–Trinajstić information content (AvgIpc) is 2.77. The third-order valence-corrected chi connectivity index (χ3v) is 5.18. The highest BCUT2D eigenvalue weighted by atomic mass is 16.5. The molecule has 0 spiro atoms. The Balaban J connectivity index is 1.56. The highest BCUT2D eigenvalue weighted by Crippen LogP contribution is 2.25. The number of hydrogen-bond donors (Lipinski definition) is 0. The van der Waals surface area contributed by atoms with Crippen LogP contribution in [0, 0.1) is 12.8 Å². The van der Waals surface area contributed by atoms with Gasteiger partial charge in [0.05, 0.1) is 32.1 Å². The second-order valence-electron chi connectivity index (χ2n) is 7.20. The van der Waals surface area contributed by atoms with Gasteiger partial charge in [0.2, 0.25) is 11.8 Å². The lowest BCUT2D eigenvalue weighted by Gasteiger charge is -2.31. The molecule has 2 aromatic heterocycles. The van der Waals surface area contributed by atoms with Crippen molar-refractivity contribution in [3.63, 3.8) is 0 Å². The van der Waals surface area contributed by atoms with Gasteiger partial charge in [0.1, 0.15) is 0 Å². The fraction of sp³-hybridized carbons (Fsp3) is 0.611. The molecule has 2 aliphatic rings.